The number of likely N-dealkylation sites (tertiary alicyclic amines) is 1. The van der Waals surface area contributed by atoms with Crippen LogP contribution in [0.3, 0.4) is 0 Å². The lowest BCUT2D eigenvalue weighted by Crippen LogP contribution is -2.29. The molecule has 2 aromatic rings. The molecule has 21 heavy (non-hydrogen) atoms. The van der Waals surface area contributed by atoms with Crippen LogP contribution in [0.25, 0.3) is 10.1 Å². The predicted molar refractivity (Wildman–Crippen MR) is 88.3 cm³/mol. The minimum atomic E-state index is -0.0708. The number of rotatable bonds is 5. The topological polar surface area (TPSA) is 15.3 Å². The first-order chi connectivity index (χ1) is 10.3. The molecule has 0 amide bonds. The first kappa shape index (κ1) is 14.9. The molecule has 114 valence electrons. The summed E-state index contributed by atoms with van der Waals surface area (Å²) in [7, 11) is 0. The van der Waals surface area contributed by atoms with Crippen molar-refractivity contribution >= 4 is 21.4 Å². The first-order valence-corrected chi connectivity index (χ1v) is 8.73. The molecule has 3 rings (SSSR count). The molecular formula is C17H23FN2S. The summed E-state index contributed by atoms with van der Waals surface area (Å²) >= 11 is 1.74. The fourth-order valence-electron chi connectivity index (χ4n) is 3.11. The van der Waals surface area contributed by atoms with Crippen LogP contribution < -0.4 is 5.32 Å². The molecule has 4 heteroatoms. The minimum Gasteiger partial charge on any atom is -0.312 e. The van der Waals surface area contributed by atoms with E-state index in [4.69, 9.17) is 0 Å². The summed E-state index contributed by atoms with van der Waals surface area (Å²) in [5.74, 6) is -0.0708. The molecule has 0 aliphatic carbocycles. The van der Waals surface area contributed by atoms with Crippen LogP contribution in [0.5, 0.6) is 0 Å². The van der Waals surface area contributed by atoms with Gasteiger partial charge in [-0.05, 0) is 50.2 Å². The molecule has 1 aromatic heterocycles. The maximum Gasteiger partial charge on any atom is 0.132 e. The van der Waals surface area contributed by atoms with Gasteiger partial charge in [-0.1, -0.05) is 19.4 Å². The van der Waals surface area contributed by atoms with Crippen molar-refractivity contribution in [1.29, 1.82) is 0 Å². The maximum atomic E-state index is 14.3. The summed E-state index contributed by atoms with van der Waals surface area (Å²) < 4.78 is 15.4. The maximum absolute atomic E-state index is 14.3. The van der Waals surface area contributed by atoms with Crippen LogP contribution in [0.4, 0.5) is 4.39 Å². The van der Waals surface area contributed by atoms with Gasteiger partial charge in [0, 0.05) is 28.1 Å². The van der Waals surface area contributed by atoms with E-state index in [0.717, 1.165) is 42.8 Å². The highest BCUT2D eigenvalue weighted by atomic mass is 32.1. The number of hydrogen-bond donors (Lipinski definition) is 1. The lowest BCUT2D eigenvalue weighted by atomic mass is 10.1. The largest absolute Gasteiger partial charge is 0.312 e. The van der Waals surface area contributed by atoms with E-state index in [1.807, 2.05) is 12.1 Å². The fraction of sp³-hybridized carbons (Fsp3) is 0.529. The third kappa shape index (κ3) is 3.28. The van der Waals surface area contributed by atoms with Gasteiger partial charge in [0.25, 0.3) is 0 Å². The average Bonchev–Trinajstić information content (AvgIpc) is 2.85. The molecule has 1 aliphatic heterocycles. The average molecular weight is 306 g/mol. The Labute approximate surface area is 130 Å². The molecule has 1 N–H and O–H groups in total. The molecule has 0 bridgehead atoms. The highest BCUT2D eigenvalue weighted by Crippen LogP contribution is 2.34. The van der Waals surface area contributed by atoms with E-state index in [9.17, 15) is 4.39 Å². The number of nitrogens with zero attached hydrogens (tertiary/aromatic N) is 1. The van der Waals surface area contributed by atoms with Crippen molar-refractivity contribution in [3.8, 4) is 0 Å². The summed E-state index contributed by atoms with van der Waals surface area (Å²) in [5, 5.41) is 4.24. The minimum absolute atomic E-state index is 0.0708. The fourth-order valence-corrected chi connectivity index (χ4v) is 4.30. The van der Waals surface area contributed by atoms with Crippen LogP contribution in [-0.2, 0) is 13.1 Å². The summed E-state index contributed by atoms with van der Waals surface area (Å²) in [5.41, 5.74) is 1.20. The van der Waals surface area contributed by atoms with E-state index in [2.05, 4.69) is 17.1 Å². The molecule has 0 unspecified atom stereocenters. The van der Waals surface area contributed by atoms with Crippen molar-refractivity contribution in [2.45, 2.75) is 39.3 Å². The van der Waals surface area contributed by atoms with E-state index in [1.54, 1.807) is 17.4 Å². The Morgan fingerprint density at radius 1 is 1.24 bits per heavy atom. The second-order valence-electron chi connectivity index (χ2n) is 5.73. The molecule has 0 spiro atoms. The normalized spacial score (nSPS) is 16.7. The van der Waals surface area contributed by atoms with Crippen molar-refractivity contribution in [2.75, 3.05) is 19.6 Å². The molecule has 1 aromatic carbocycles. The summed E-state index contributed by atoms with van der Waals surface area (Å²) in [6.45, 7) is 7.08. The van der Waals surface area contributed by atoms with E-state index in [0.29, 0.717) is 0 Å². The Morgan fingerprint density at radius 3 is 2.81 bits per heavy atom. The number of piperidine rings is 1. The van der Waals surface area contributed by atoms with E-state index >= 15 is 0 Å². The summed E-state index contributed by atoms with van der Waals surface area (Å²) in [6.07, 6.45) is 3.87. The predicted octanol–water partition coefficient (Wildman–Crippen LogP) is 4.14. The Bertz CT molecular complexity index is 602. The molecule has 1 aliphatic rings. The number of nitrogens with one attached hydrogen (secondary N) is 1. The molecule has 2 nitrogen and oxygen atoms in total. The van der Waals surface area contributed by atoms with Crippen LogP contribution in [0, 0.1) is 5.82 Å². The molecule has 0 atom stereocenters. The van der Waals surface area contributed by atoms with Crippen molar-refractivity contribution in [2.24, 2.45) is 0 Å². The lowest BCUT2D eigenvalue weighted by Gasteiger charge is -2.26. The molecular weight excluding hydrogens is 283 g/mol. The third-order valence-electron chi connectivity index (χ3n) is 4.21. The Balaban J connectivity index is 1.95. The number of benzene rings is 1. The van der Waals surface area contributed by atoms with Gasteiger partial charge in [0.2, 0.25) is 0 Å². The Hall–Kier alpha value is -0.970. The van der Waals surface area contributed by atoms with Gasteiger partial charge in [0.1, 0.15) is 5.82 Å². The number of halogens is 1. The molecule has 2 heterocycles. The van der Waals surface area contributed by atoms with Gasteiger partial charge >= 0.3 is 0 Å². The summed E-state index contributed by atoms with van der Waals surface area (Å²) in [4.78, 5) is 3.77. The SMILES string of the molecule is CCNCc1sc2cccc(F)c2c1CN1CCCCC1. The molecule has 0 radical (unpaired) electrons. The van der Waals surface area contributed by atoms with Gasteiger partial charge in [0.15, 0.2) is 0 Å². The van der Waals surface area contributed by atoms with E-state index < -0.39 is 0 Å². The third-order valence-corrected chi connectivity index (χ3v) is 5.41. The van der Waals surface area contributed by atoms with Gasteiger partial charge in [0.05, 0.1) is 0 Å². The van der Waals surface area contributed by atoms with E-state index in [1.165, 1.54) is 29.7 Å². The quantitative estimate of drug-likeness (QED) is 0.893. The zero-order valence-corrected chi connectivity index (χ0v) is 13.4. The Morgan fingerprint density at radius 2 is 2.05 bits per heavy atom. The lowest BCUT2D eigenvalue weighted by molar-refractivity contribution is 0.221. The second kappa shape index (κ2) is 6.86. The standard InChI is InChI=1S/C17H23FN2S/c1-2-19-11-16-13(12-20-9-4-3-5-10-20)17-14(18)7-6-8-15(17)21-16/h6-8,19H,2-5,9-12H2,1H3. The molecule has 1 saturated heterocycles. The Kier molecular flexibility index (Phi) is 4.88. The highest BCUT2D eigenvalue weighted by Gasteiger charge is 2.19. The van der Waals surface area contributed by atoms with Crippen LogP contribution in [-0.4, -0.2) is 24.5 Å². The van der Waals surface area contributed by atoms with Crippen LogP contribution >= 0.6 is 11.3 Å². The van der Waals surface area contributed by atoms with Gasteiger partial charge in [-0.2, -0.15) is 0 Å². The van der Waals surface area contributed by atoms with Gasteiger partial charge < -0.3 is 5.32 Å². The van der Waals surface area contributed by atoms with Crippen molar-refractivity contribution in [1.82, 2.24) is 10.2 Å². The van der Waals surface area contributed by atoms with Crippen molar-refractivity contribution in [3.05, 3.63) is 34.5 Å². The smallest absolute Gasteiger partial charge is 0.132 e. The highest BCUT2D eigenvalue weighted by molar-refractivity contribution is 7.19. The van der Waals surface area contributed by atoms with Gasteiger partial charge in [-0.3, -0.25) is 4.90 Å². The molecule has 0 saturated carbocycles. The van der Waals surface area contributed by atoms with Crippen LogP contribution in [0.15, 0.2) is 18.2 Å². The van der Waals surface area contributed by atoms with Crippen molar-refractivity contribution in [3.63, 3.8) is 0 Å². The monoisotopic (exact) mass is 306 g/mol. The first-order valence-electron chi connectivity index (χ1n) is 7.91. The van der Waals surface area contributed by atoms with Crippen LogP contribution in [0.1, 0.15) is 36.6 Å². The number of hydrogen-bond acceptors (Lipinski definition) is 3. The zero-order valence-electron chi connectivity index (χ0n) is 12.6. The van der Waals surface area contributed by atoms with Gasteiger partial charge in [-0.25, -0.2) is 4.39 Å². The van der Waals surface area contributed by atoms with Crippen LogP contribution in [0.2, 0.25) is 0 Å². The summed E-state index contributed by atoms with van der Waals surface area (Å²) in [6, 6.07) is 5.44. The molecule has 1 fully saturated rings. The number of thiophene rings is 1. The van der Waals surface area contributed by atoms with Crippen molar-refractivity contribution < 1.29 is 4.39 Å². The van der Waals surface area contributed by atoms with E-state index in [-0.39, 0.29) is 5.82 Å². The second-order valence-corrected chi connectivity index (χ2v) is 6.87. The van der Waals surface area contributed by atoms with Gasteiger partial charge in [-0.15, -0.1) is 11.3 Å². The number of fused-ring (bicyclic) bond motifs is 1. The zero-order chi connectivity index (χ0) is 14.7.